The second-order valence-electron chi connectivity index (χ2n) is 5.85. The van der Waals surface area contributed by atoms with Crippen molar-refractivity contribution in [3.8, 4) is 0 Å². The van der Waals surface area contributed by atoms with E-state index in [1.54, 1.807) is 11.0 Å². The molecule has 1 saturated heterocycles. The van der Waals surface area contributed by atoms with E-state index in [9.17, 15) is 14.4 Å². The molecule has 0 spiro atoms. The number of anilines is 1. The SMILES string of the molecule is Cn1nc(N2CCN(C(=O)c3ccccc3Br)CC2)c(=O)n(C)c1=O. The number of hydrogen-bond donors (Lipinski definition) is 0. The van der Waals surface area contributed by atoms with Gasteiger partial charge in [-0.25, -0.2) is 9.48 Å². The number of rotatable bonds is 2. The van der Waals surface area contributed by atoms with E-state index in [2.05, 4.69) is 21.0 Å². The van der Waals surface area contributed by atoms with Crippen LogP contribution in [0, 0.1) is 0 Å². The number of carbonyl (C=O) groups excluding carboxylic acids is 1. The smallest absolute Gasteiger partial charge is 0.346 e. The number of halogens is 1. The van der Waals surface area contributed by atoms with Crippen LogP contribution in [0.25, 0.3) is 0 Å². The fourth-order valence-corrected chi connectivity index (χ4v) is 3.26. The molecule has 3 rings (SSSR count). The van der Waals surface area contributed by atoms with Crippen molar-refractivity contribution < 1.29 is 4.79 Å². The standard InChI is InChI=1S/C16H18BrN5O3/c1-19-15(24)13(18-20(2)16(19)25)21-7-9-22(10-8-21)14(23)11-5-3-4-6-12(11)17/h3-6H,7-10H2,1-2H3. The molecule has 0 atom stereocenters. The van der Waals surface area contributed by atoms with E-state index in [4.69, 9.17) is 0 Å². The number of benzene rings is 1. The van der Waals surface area contributed by atoms with Crippen LogP contribution in [-0.2, 0) is 14.1 Å². The molecule has 0 unspecified atom stereocenters. The topological polar surface area (TPSA) is 80.4 Å². The molecular formula is C16H18BrN5O3. The lowest BCUT2D eigenvalue weighted by Gasteiger charge is -2.35. The molecule has 1 aliphatic heterocycles. The summed E-state index contributed by atoms with van der Waals surface area (Å²) in [4.78, 5) is 40.2. The summed E-state index contributed by atoms with van der Waals surface area (Å²) >= 11 is 3.40. The van der Waals surface area contributed by atoms with Crippen molar-refractivity contribution in [3.05, 3.63) is 55.1 Å². The first-order valence-electron chi connectivity index (χ1n) is 7.83. The first kappa shape index (κ1) is 17.4. The number of hydrogen-bond acceptors (Lipinski definition) is 5. The Morgan fingerprint density at radius 1 is 1.08 bits per heavy atom. The van der Waals surface area contributed by atoms with Crippen LogP contribution < -0.4 is 16.1 Å². The Morgan fingerprint density at radius 2 is 1.72 bits per heavy atom. The predicted octanol–water partition coefficient (Wildman–Crippen LogP) is 0.204. The highest BCUT2D eigenvalue weighted by atomic mass is 79.9. The second kappa shape index (κ2) is 6.83. The van der Waals surface area contributed by atoms with Gasteiger partial charge < -0.3 is 9.80 Å². The summed E-state index contributed by atoms with van der Waals surface area (Å²) in [6.07, 6.45) is 0. The summed E-state index contributed by atoms with van der Waals surface area (Å²) in [6.45, 7) is 1.93. The minimum absolute atomic E-state index is 0.0477. The van der Waals surface area contributed by atoms with Gasteiger partial charge in [-0.1, -0.05) is 12.1 Å². The molecule has 1 aromatic heterocycles. The summed E-state index contributed by atoms with van der Waals surface area (Å²) in [7, 11) is 2.94. The Balaban J connectivity index is 1.77. The number of amides is 1. The van der Waals surface area contributed by atoms with Gasteiger partial charge in [-0.05, 0) is 28.1 Å². The van der Waals surface area contributed by atoms with Gasteiger partial charge in [-0.3, -0.25) is 14.2 Å². The molecule has 0 bridgehead atoms. The first-order chi connectivity index (χ1) is 11.9. The van der Waals surface area contributed by atoms with Crippen LogP contribution in [0.4, 0.5) is 5.82 Å². The maximum absolute atomic E-state index is 12.6. The lowest BCUT2D eigenvalue weighted by molar-refractivity contribution is 0.0745. The molecule has 0 N–H and O–H groups in total. The van der Waals surface area contributed by atoms with E-state index in [1.807, 2.05) is 23.1 Å². The fraction of sp³-hybridized carbons (Fsp3) is 0.375. The molecule has 132 valence electrons. The fourth-order valence-electron chi connectivity index (χ4n) is 2.81. The normalized spacial score (nSPS) is 14.7. The predicted molar refractivity (Wildman–Crippen MR) is 97.0 cm³/mol. The van der Waals surface area contributed by atoms with Gasteiger partial charge in [-0.15, -0.1) is 5.10 Å². The van der Waals surface area contributed by atoms with E-state index >= 15 is 0 Å². The number of nitrogens with zero attached hydrogens (tertiary/aromatic N) is 5. The number of aromatic nitrogens is 3. The van der Waals surface area contributed by atoms with Crippen LogP contribution >= 0.6 is 15.9 Å². The van der Waals surface area contributed by atoms with Crippen LogP contribution in [0.5, 0.6) is 0 Å². The Morgan fingerprint density at radius 3 is 2.36 bits per heavy atom. The summed E-state index contributed by atoms with van der Waals surface area (Å²) in [6, 6.07) is 7.30. The highest BCUT2D eigenvalue weighted by Crippen LogP contribution is 2.19. The molecule has 1 aliphatic rings. The minimum atomic E-state index is -0.462. The monoisotopic (exact) mass is 407 g/mol. The molecule has 0 aliphatic carbocycles. The third-order valence-electron chi connectivity index (χ3n) is 4.28. The average Bonchev–Trinajstić information content (AvgIpc) is 2.63. The van der Waals surface area contributed by atoms with Crippen molar-refractivity contribution in [1.29, 1.82) is 0 Å². The molecule has 0 saturated carbocycles. The zero-order valence-corrected chi connectivity index (χ0v) is 15.6. The van der Waals surface area contributed by atoms with E-state index in [-0.39, 0.29) is 11.7 Å². The number of carbonyl (C=O) groups is 1. The maximum atomic E-state index is 12.6. The van der Waals surface area contributed by atoms with Crippen molar-refractivity contribution in [1.82, 2.24) is 19.2 Å². The van der Waals surface area contributed by atoms with Crippen LogP contribution in [0.1, 0.15) is 10.4 Å². The number of piperazine rings is 1. The molecule has 9 heteroatoms. The molecule has 1 amide bonds. The molecule has 2 aromatic rings. The zero-order valence-electron chi connectivity index (χ0n) is 14.0. The Hall–Kier alpha value is -2.42. The van der Waals surface area contributed by atoms with E-state index in [0.29, 0.717) is 31.7 Å². The summed E-state index contributed by atoms with van der Waals surface area (Å²) in [5.74, 6) is 0.186. The van der Waals surface area contributed by atoms with Gasteiger partial charge in [0.1, 0.15) is 0 Å². The van der Waals surface area contributed by atoms with Crippen LogP contribution in [0.15, 0.2) is 38.3 Å². The zero-order chi connectivity index (χ0) is 18.1. The number of aryl methyl sites for hydroxylation is 1. The van der Waals surface area contributed by atoms with Crippen molar-refractivity contribution in [3.63, 3.8) is 0 Å². The maximum Gasteiger partial charge on any atom is 0.346 e. The summed E-state index contributed by atoms with van der Waals surface area (Å²) < 4.78 is 2.95. The Kier molecular flexibility index (Phi) is 4.76. The van der Waals surface area contributed by atoms with Gasteiger partial charge in [0.2, 0.25) is 5.82 Å². The van der Waals surface area contributed by atoms with Gasteiger partial charge in [-0.2, -0.15) is 0 Å². The van der Waals surface area contributed by atoms with E-state index in [1.165, 1.54) is 14.1 Å². The Labute approximate surface area is 152 Å². The third kappa shape index (κ3) is 3.23. The quantitative estimate of drug-likeness (QED) is 0.710. The minimum Gasteiger partial charge on any atom is -0.347 e. The highest BCUT2D eigenvalue weighted by Gasteiger charge is 2.26. The lowest BCUT2D eigenvalue weighted by Crippen LogP contribution is -2.52. The highest BCUT2D eigenvalue weighted by molar-refractivity contribution is 9.10. The summed E-state index contributed by atoms with van der Waals surface area (Å²) in [5, 5.41) is 4.08. The van der Waals surface area contributed by atoms with Gasteiger partial charge in [0.05, 0.1) is 5.56 Å². The van der Waals surface area contributed by atoms with Crippen LogP contribution in [0.3, 0.4) is 0 Å². The van der Waals surface area contributed by atoms with E-state index in [0.717, 1.165) is 13.7 Å². The van der Waals surface area contributed by atoms with Crippen LogP contribution in [0.2, 0.25) is 0 Å². The Bertz CT molecular complexity index is 928. The lowest BCUT2D eigenvalue weighted by atomic mass is 10.2. The van der Waals surface area contributed by atoms with E-state index < -0.39 is 11.2 Å². The average molecular weight is 408 g/mol. The molecule has 1 fully saturated rings. The van der Waals surface area contributed by atoms with Gasteiger partial charge in [0.25, 0.3) is 11.5 Å². The van der Waals surface area contributed by atoms with Crippen molar-refractivity contribution in [2.45, 2.75) is 0 Å². The summed E-state index contributed by atoms with van der Waals surface area (Å²) in [5.41, 5.74) is -0.266. The van der Waals surface area contributed by atoms with Gasteiger partial charge in [0.15, 0.2) is 0 Å². The molecule has 25 heavy (non-hydrogen) atoms. The van der Waals surface area contributed by atoms with Crippen molar-refractivity contribution in [2.75, 3.05) is 31.1 Å². The van der Waals surface area contributed by atoms with Gasteiger partial charge >= 0.3 is 5.69 Å². The largest absolute Gasteiger partial charge is 0.347 e. The van der Waals surface area contributed by atoms with Crippen molar-refractivity contribution >= 4 is 27.7 Å². The first-order valence-corrected chi connectivity index (χ1v) is 8.62. The third-order valence-corrected chi connectivity index (χ3v) is 4.97. The second-order valence-corrected chi connectivity index (χ2v) is 6.71. The van der Waals surface area contributed by atoms with Gasteiger partial charge in [0, 0.05) is 44.7 Å². The molecule has 2 heterocycles. The molecule has 0 radical (unpaired) electrons. The van der Waals surface area contributed by atoms with Crippen LogP contribution in [-0.4, -0.2) is 51.3 Å². The molecule has 8 nitrogen and oxygen atoms in total. The molecular weight excluding hydrogens is 390 g/mol. The van der Waals surface area contributed by atoms with Crippen molar-refractivity contribution in [2.24, 2.45) is 14.1 Å². The molecule has 1 aromatic carbocycles.